The zero-order valence-corrected chi connectivity index (χ0v) is 22.2. The highest BCUT2D eigenvalue weighted by atomic mass is 32.1. The summed E-state index contributed by atoms with van der Waals surface area (Å²) < 4.78 is 10.1. The fourth-order valence-electron chi connectivity index (χ4n) is 3.90. The zero-order chi connectivity index (χ0) is 27.8. The average molecular weight is 546 g/mol. The summed E-state index contributed by atoms with van der Waals surface area (Å²) in [5.74, 6) is -1.35. The molecule has 0 saturated heterocycles. The fraction of sp³-hybridized carbons (Fsp3) is 0.172. The number of thiophene rings is 1. The van der Waals surface area contributed by atoms with Gasteiger partial charge in [0.15, 0.2) is 0 Å². The molecule has 1 atom stereocenters. The van der Waals surface area contributed by atoms with Gasteiger partial charge in [-0.25, -0.2) is 4.79 Å². The van der Waals surface area contributed by atoms with Gasteiger partial charge in [0.05, 0.1) is 36.9 Å². The smallest absolute Gasteiger partial charge is 0.337 e. The highest BCUT2D eigenvalue weighted by molar-refractivity contribution is 7.12. The van der Waals surface area contributed by atoms with Crippen molar-refractivity contribution in [2.75, 3.05) is 18.6 Å². The molecule has 2 N–H and O–H groups in total. The standard InChI is InChI=1S/C29H27N3O6S/c1-19-7-9-20(10-8-19)26(28(35)30-17-23-5-3-15-38-23)32(22-13-11-21(12-14-22)29(36)37-2)25(33)18-31-27(34)24-6-4-16-39-24/h3-16,26H,17-18H2,1-2H3,(H,30,35)(H,31,34). The number of benzene rings is 2. The van der Waals surface area contributed by atoms with Gasteiger partial charge in [0, 0.05) is 5.69 Å². The van der Waals surface area contributed by atoms with Crippen molar-refractivity contribution < 1.29 is 28.3 Å². The molecule has 0 saturated carbocycles. The van der Waals surface area contributed by atoms with Crippen LogP contribution >= 0.6 is 11.3 Å². The second-order valence-electron chi connectivity index (χ2n) is 8.57. The summed E-state index contributed by atoms with van der Waals surface area (Å²) in [7, 11) is 1.28. The topological polar surface area (TPSA) is 118 Å². The molecule has 2 aromatic heterocycles. The molecule has 10 heteroatoms. The third kappa shape index (κ3) is 6.79. The fourth-order valence-corrected chi connectivity index (χ4v) is 4.54. The Balaban J connectivity index is 1.70. The van der Waals surface area contributed by atoms with E-state index in [0.29, 0.717) is 21.9 Å². The van der Waals surface area contributed by atoms with Gasteiger partial charge in [-0.05, 0) is 60.3 Å². The Bertz CT molecular complexity index is 1410. The first-order valence-corrected chi connectivity index (χ1v) is 12.9. The van der Waals surface area contributed by atoms with Crippen molar-refractivity contribution in [2.45, 2.75) is 19.5 Å². The second kappa shape index (κ2) is 12.7. The number of nitrogens with zero attached hydrogens (tertiary/aromatic N) is 1. The van der Waals surface area contributed by atoms with Gasteiger partial charge < -0.3 is 19.8 Å². The Morgan fingerprint density at radius 3 is 2.31 bits per heavy atom. The molecule has 2 heterocycles. The molecular weight excluding hydrogens is 518 g/mol. The van der Waals surface area contributed by atoms with Crippen LogP contribution in [-0.4, -0.2) is 37.3 Å². The van der Waals surface area contributed by atoms with E-state index in [-0.39, 0.29) is 18.7 Å². The van der Waals surface area contributed by atoms with Crippen molar-refractivity contribution in [1.29, 1.82) is 0 Å². The molecule has 0 aliphatic heterocycles. The van der Waals surface area contributed by atoms with E-state index < -0.39 is 29.7 Å². The van der Waals surface area contributed by atoms with Gasteiger partial charge in [0.2, 0.25) is 11.8 Å². The lowest BCUT2D eigenvalue weighted by molar-refractivity contribution is -0.126. The quantitative estimate of drug-likeness (QED) is 0.288. The highest BCUT2D eigenvalue weighted by Gasteiger charge is 2.33. The van der Waals surface area contributed by atoms with Gasteiger partial charge in [-0.1, -0.05) is 35.9 Å². The molecular formula is C29H27N3O6S. The largest absolute Gasteiger partial charge is 0.467 e. The number of methoxy groups -OCH3 is 1. The van der Waals surface area contributed by atoms with Gasteiger partial charge in [-0.15, -0.1) is 11.3 Å². The summed E-state index contributed by atoms with van der Waals surface area (Å²) in [6.07, 6.45) is 1.51. The summed E-state index contributed by atoms with van der Waals surface area (Å²) in [4.78, 5) is 53.7. The van der Waals surface area contributed by atoms with Crippen LogP contribution in [0.3, 0.4) is 0 Å². The van der Waals surface area contributed by atoms with E-state index >= 15 is 0 Å². The minimum Gasteiger partial charge on any atom is -0.467 e. The second-order valence-corrected chi connectivity index (χ2v) is 9.52. The number of aryl methyl sites for hydroxylation is 1. The predicted molar refractivity (Wildman–Crippen MR) is 146 cm³/mol. The zero-order valence-electron chi connectivity index (χ0n) is 21.4. The van der Waals surface area contributed by atoms with Gasteiger partial charge >= 0.3 is 5.97 Å². The monoisotopic (exact) mass is 545 g/mol. The molecule has 0 spiro atoms. The number of carbonyl (C=O) groups is 4. The molecule has 4 rings (SSSR count). The molecule has 2 aromatic carbocycles. The SMILES string of the molecule is COC(=O)c1ccc(N(C(=O)CNC(=O)c2cccs2)C(C(=O)NCc2ccco2)c2ccc(C)cc2)cc1. The third-order valence-electron chi connectivity index (χ3n) is 5.90. The lowest BCUT2D eigenvalue weighted by Crippen LogP contribution is -2.47. The maximum Gasteiger partial charge on any atom is 0.337 e. The number of esters is 1. The van der Waals surface area contributed by atoms with Crippen LogP contribution in [0.15, 0.2) is 88.9 Å². The van der Waals surface area contributed by atoms with E-state index in [1.165, 1.54) is 41.7 Å². The molecule has 3 amide bonds. The van der Waals surface area contributed by atoms with Crippen LogP contribution in [0.1, 0.15) is 43.0 Å². The van der Waals surface area contributed by atoms with E-state index in [1.54, 1.807) is 53.9 Å². The van der Waals surface area contributed by atoms with E-state index in [1.807, 2.05) is 19.1 Å². The summed E-state index contributed by atoms with van der Waals surface area (Å²) in [6.45, 7) is 1.68. The van der Waals surface area contributed by atoms with Crippen LogP contribution in [0.2, 0.25) is 0 Å². The number of hydrogen-bond acceptors (Lipinski definition) is 7. The number of furan rings is 1. The minimum absolute atomic E-state index is 0.118. The molecule has 39 heavy (non-hydrogen) atoms. The van der Waals surface area contributed by atoms with Crippen LogP contribution < -0.4 is 15.5 Å². The van der Waals surface area contributed by atoms with Gasteiger partial charge in [0.1, 0.15) is 11.8 Å². The summed E-state index contributed by atoms with van der Waals surface area (Å²) in [5, 5.41) is 7.25. The van der Waals surface area contributed by atoms with Crippen molar-refractivity contribution in [2.24, 2.45) is 0 Å². The molecule has 0 fully saturated rings. The van der Waals surface area contributed by atoms with Gasteiger partial charge in [-0.3, -0.25) is 19.3 Å². The van der Waals surface area contributed by atoms with Crippen molar-refractivity contribution in [3.8, 4) is 0 Å². The molecule has 1 unspecified atom stereocenters. The number of carbonyl (C=O) groups excluding carboxylic acids is 4. The van der Waals surface area contributed by atoms with E-state index in [0.717, 1.165) is 5.56 Å². The van der Waals surface area contributed by atoms with Crippen molar-refractivity contribution in [3.63, 3.8) is 0 Å². The number of hydrogen-bond donors (Lipinski definition) is 2. The van der Waals surface area contributed by atoms with Crippen molar-refractivity contribution in [1.82, 2.24) is 10.6 Å². The van der Waals surface area contributed by atoms with Crippen LogP contribution in [0.25, 0.3) is 0 Å². The first-order valence-electron chi connectivity index (χ1n) is 12.1. The molecule has 200 valence electrons. The van der Waals surface area contributed by atoms with Crippen molar-refractivity contribution >= 4 is 40.7 Å². The maximum absolute atomic E-state index is 13.7. The first kappa shape index (κ1) is 27.3. The Labute approximate surface area is 229 Å². The normalized spacial score (nSPS) is 11.3. The third-order valence-corrected chi connectivity index (χ3v) is 6.77. The molecule has 0 aliphatic rings. The Hall–Kier alpha value is -4.70. The van der Waals surface area contributed by atoms with E-state index in [4.69, 9.17) is 9.15 Å². The first-order chi connectivity index (χ1) is 18.9. The molecule has 4 aromatic rings. The van der Waals surface area contributed by atoms with Crippen LogP contribution in [-0.2, 0) is 20.9 Å². The summed E-state index contributed by atoms with van der Waals surface area (Å²) in [5.41, 5.74) is 2.19. The number of rotatable bonds is 10. The molecule has 0 bridgehead atoms. The number of anilines is 1. The Morgan fingerprint density at radius 2 is 1.69 bits per heavy atom. The van der Waals surface area contributed by atoms with Crippen LogP contribution in [0, 0.1) is 6.92 Å². The maximum atomic E-state index is 13.7. The predicted octanol–water partition coefficient (Wildman–Crippen LogP) is 4.26. The van der Waals surface area contributed by atoms with E-state index in [9.17, 15) is 19.2 Å². The van der Waals surface area contributed by atoms with Crippen molar-refractivity contribution in [3.05, 3.63) is 112 Å². The molecule has 0 radical (unpaired) electrons. The number of ether oxygens (including phenoxy) is 1. The van der Waals surface area contributed by atoms with Crippen LogP contribution in [0.5, 0.6) is 0 Å². The summed E-state index contributed by atoms with van der Waals surface area (Å²) in [6, 6.07) is 19.2. The van der Waals surface area contributed by atoms with Crippen LogP contribution in [0.4, 0.5) is 5.69 Å². The number of nitrogens with one attached hydrogen (secondary N) is 2. The highest BCUT2D eigenvalue weighted by Crippen LogP contribution is 2.29. The average Bonchev–Trinajstić information content (AvgIpc) is 3.68. The van der Waals surface area contributed by atoms with E-state index in [2.05, 4.69) is 10.6 Å². The Kier molecular flexibility index (Phi) is 8.90. The lowest BCUT2D eigenvalue weighted by atomic mass is 10.0. The minimum atomic E-state index is -1.09. The Morgan fingerprint density at radius 1 is 0.949 bits per heavy atom. The van der Waals surface area contributed by atoms with Gasteiger partial charge in [-0.2, -0.15) is 0 Å². The number of amides is 3. The molecule has 0 aliphatic carbocycles. The summed E-state index contributed by atoms with van der Waals surface area (Å²) >= 11 is 1.25. The lowest BCUT2D eigenvalue weighted by Gasteiger charge is -2.31. The van der Waals surface area contributed by atoms with Gasteiger partial charge in [0.25, 0.3) is 5.91 Å². The molecule has 9 nitrogen and oxygen atoms in total.